The van der Waals surface area contributed by atoms with Crippen molar-refractivity contribution in [1.29, 1.82) is 0 Å². The highest BCUT2D eigenvalue weighted by Crippen LogP contribution is 2.29. The minimum absolute atomic E-state index is 0.835. The van der Waals surface area contributed by atoms with E-state index in [1.165, 1.54) is 64.8 Å². The molecule has 3 nitrogen and oxygen atoms in total. The van der Waals surface area contributed by atoms with Crippen LogP contribution in [0.1, 0.15) is 45.4 Å². The first-order valence-corrected chi connectivity index (χ1v) is 8.00. The van der Waals surface area contributed by atoms with Crippen LogP contribution in [0.3, 0.4) is 0 Å². The van der Waals surface area contributed by atoms with E-state index in [9.17, 15) is 0 Å². The van der Waals surface area contributed by atoms with Gasteiger partial charge in [-0.25, -0.2) is 0 Å². The summed E-state index contributed by atoms with van der Waals surface area (Å²) in [5.41, 5.74) is 5.58. The van der Waals surface area contributed by atoms with Crippen molar-refractivity contribution in [2.24, 2.45) is 11.7 Å². The lowest BCUT2D eigenvalue weighted by Crippen LogP contribution is -2.51. The molecule has 1 heterocycles. The molecule has 0 aromatic rings. The number of piperazine rings is 1. The van der Waals surface area contributed by atoms with Gasteiger partial charge in [-0.1, -0.05) is 13.3 Å². The third-order valence-electron chi connectivity index (χ3n) is 5.00. The third-order valence-corrected chi connectivity index (χ3v) is 5.00. The minimum Gasteiger partial charge on any atom is -0.330 e. The number of hydrogen-bond acceptors (Lipinski definition) is 3. The monoisotopic (exact) mass is 253 g/mol. The second-order valence-corrected chi connectivity index (χ2v) is 6.10. The topological polar surface area (TPSA) is 32.5 Å². The van der Waals surface area contributed by atoms with Gasteiger partial charge in [-0.2, -0.15) is 0 Å². The number of nitrogens with two attached hydrogens (primary N) is 1. The van der Waals surface area contributed by atoms with Gasteiger partial charge in [0.25, 0.3) is 0 Å². The highest BCUT2D eigenvalue weighted by Gasteiger charge is 2.27. The van der Waals surface area contributed by atoms with Crippen LogP contribution >= 0.6 is 0 Å². The fraction of sp³-hybridized carbons (Fsp3) is 1.00. The first-order valence-electron chi connectivity index (χ1n) is 8.00. The summed E-state index contributed by atoms with van der Waals surface area (Å²) in [4.78, 5) is 5.34. The van der Waals surface area contributed by atoms with Crippen molar-refractivity contribution in [2.45, 2.75) is 51.5 Å². The van der Waals surface area contributed by atoms with Gasteiger partial charge >= 0.3 is 0 Å². The standard InChI is InChI=1S/C15H31N3/c1-2-14-4-6-15(7-5-14)18-12-10-17(11-13-18)9-3-8-16/h14-15H,2-13,16H2,1H3. The molecule has 2 aliphatic rings. The SMILES string of the molecule is CCC1CCC(N2CCN(CCCN)CC2)CC1. The molecule has 106 valence electrons. The quantitative estimate of drug-likeness (QED) is 0.812. The first-order chi connectivity index (χ1) is 8.83. The normalized spacial score (nSPS) is 31.7. The van der Waals surface area contributed by atoms with Crippen LogP contribution in [0.5, 0.6) is 0 Å². The summed E-state index contributed by atoms with van der Waals surface area (Å²) in [6.45, 7) is 9.47. The van der Waals surface area contributed by atoms with Gasteiger partial charge in [-0.05, 0) is 51.1 Å². The number of nitrogens with zero attached hydrogens (tertiary/aromatic N) is 2. The highest BCUT2D eigenvalue weighted by atomic mass is 15.3. The van der Waals surface area contributed by atoms with Gasteiger partial charge in [0.15, 0.2) is 0 Å². The Morgan fingerprint density at radius 1 is 1.00 bits per heavy atom. The van der Waals surface area contributed by atoms with Gasteiger partial charge < -0.3 is 10.6 Å². The van der Waals surface area contributed by atoms with Crippen LogP contribution in [-0.4, -0.2) is 55.1 Å². The van der Waals surface area contributed by atoms with E-state index in [0.29, 0.717) is 0 Å². The van der Waals surface area contributed by atoms with Gasteiger partial charge in [-0.3, -0.25) is 4.90 Å². The van der Waals surface area contributed by atoms with Crippen molar-refractivity contribution in [1.82, 2.24) is 9.80 Å². The third kappa shape index (κ3) is 3.94. The second-order valence-electron chi connectivity index (χ2n) is 6.10. The van der Waals surface area contributed by atoms with Crippen LogP contribution in [0.2, 0.25) is 0 Å². The average molecular weight is 253 g/mol. The summed E-state index contributed by atoms with van der Waals surface area (Å²) >= 11 is 0. The number of hydrogen-bond donors (Lipinski definition) is 1. The number of rotatable bonds is 5. The molecule has 0 radical (unpaired) electrons. The Bertz CT molecular complexity index is 216. The summed E-state index contributed by atoms with van der Waals surface area (Å²) in [7, 11) is 0. The Morgan fingerprint density at radius 2 is 1.67 bits per heavy atom. The lowest BCUT2D eigenvalue weighted by Gasteiger charge is -2.42. The zero-order valence-corrected chi connectivity index (χ0v) is 12.1. The van der Waals surface area contributed by atoms with E-state index in [-0.39, 0.29) is 0 Å². The molecular weight excluding hydrogens is 222 g/mol. The molecule has 0 amide bonds. The van der Waals surface area contributed by atoms with Gasteiger partial charge in [0.05, 0.1) is 0 Å². The van der Waals surface area contributed by atoms with Crippen molar-refractivity contribution in [3.8, 4) is 0 Å². The molecule has 0 unspecified atom stereocenters. The van der Waals surface area contributed by atoms with Crippen molar-refractivity contribution in [2.75, 3.05) is 39.3 Å². The maximum absolute atomic E-state index is 5.58. The lowest BCUT2D eigenvalue weighted by atomic mass is 9.84. The molecule has 0 atom stereocenters. The average Bonchev–Trinajstić information content (AvgIpc) is 2.46. The molecule has 0 spiro atoms. The molecule has 18 heavy (non-hydrogen) atoms. The Balaban J connectivity index is 1.67. The van der Waals surface area contributed by atoms with Crippen LogP contribution in [0.15, 0.2) is 0 Å². The summed E-state index contributed by atoms with van der Waals surface area (Å²) in [5, 5.41) is 0. The fourth-order valence-electron chi connectivity index (χ4n) is 3.59. The van der Waals surface area contributed by atoms with Gasteiger partial charge in [-0.15, -0.1) is 0 Å². The van der Waals surface area contributed by atoms with E-state index in [2.05, 4.69) is 16.7 Å². The summed E-state index contributed by atoms with van der Waals surface area (Å²) in [5.74, 6) is 1.02. The van der Waals surface area contributed by atoms with Crippen molar-refractivity contribution in [3.05, 3.63) is 0 Å². The van der Waals surface area contributed by atoms with E-state index >= 15 is 0 Å². The van der Waals surface area contributed by atoms with Gasteiger partial charge in [0, 0.05) is 32.2 Å². The van der Waals surface area contributed by atoms with E-state index in [4.69, 9.17) is 5.73 Å². The molecule has 3 heteroatoms. The molecule has 1 saturated carbocycles. The molecule has 1 aliphatic carbocycles. The predicted molar refractivity (Wildman–Crippen MR) is 77.7 cm³/mol. The van der Waals surface area contributed by atoms with E-state index in [1.54, 1.807) is 0 Å². The maximum atomic E-state index is 5.58. The molecule has 1 saturated heterocycles. The molecule has 2 fully saturated rings. The van der Waals surface area contributed by atoms with Crippen LogP contribution < -0.4 is 5.73 Å². The Labute approximate surface area is 113 Å². The van der Waals surface area contributed by atoms with E-state index in [0.717, 1.165) is 24.9 Å². The molecular formula is C15H31N3. The smallest absolute Gasteiger partial charge is 0.0113 e. The fourth-order valence-corrected chi connectivity index (χ4v) is 3.59. The van der Waals surface area contributed by atoms with Crippen molar-refractivity contribution >= 4 is 0 Å². The van der Waals surface area contributed by atoms with Crippen molar-refractivity contribution < 1.29 is 0 Å². The van der Waals surface area contributed by atoms with Crippen LogP contribution in [0, 0.1) is 5.92 Å². The summed E-state index contributed by atoms with van der Waals surface area (Å²) < 4.78 is 0. The van der Waals surface area contributed by atoms with Crippen LogP contribution in [0.4, 0.5) is 0 Å². The molecule has 0 aromatic heterocycles. The van der Waals surface area contributed by atoms with Crippen molar-refractivity contribution in [3.63, 3.8) is 0 Å². The maximum Gasteiger partial charge on any atom is 0.0113 e. The highest BCUT2D eigenvalue weighted by molar-refractivity contribution is 4.83. The van der Waals surface area contributed by atoms with Crippen LogP contribution in [-0.2, 0) is 0 Å². The minimum atomic E-state index is 0.835. The molecule has 1 aliphatic heterocycles. The molecule has 0 bridgehead atoms. The Kier molecular flexibility index (Phi) is 5.93. The largest absolute Gasteiger partial charge is 0.330 e. The first kappa shape index (κ1) is 14.3. The summed E-state index contributed by atoms with van der Waals surface area (Å²) in [6, 6.07) is 0.893. The van der Waals surface area contributed by atoms with E-state index in [1.807, 2.05) is 0 Å². The molecule has 2 rings (SSSR count). The molecule has 0 aromatic carbocycles. The molecule has 2 N–H and O–H groups in total. The zero-order chi connectivity index (χ0) is 12.8. The predicted octanol–water partition coefficient (Wildman–Crippen LogP) is 1.92. The van der Waals surface area contributed by atoms with E-state index < -0.39 is 0 Å². The van der Waals surface area contributed by atoms with Crippen LogP contribution in [0.25, 0.3) is 0 Å². The zero-order valence-electron chi connectivity index (χ0n) is 12.1. The summed E-state index contributed by atoms with van der Waals surface area (Å²) in [6.07, 6.45) is 8.37. The Hall–Kier alpha value is -0.120. The van der Waals surface area contributed by atoms with Gasteiger partial charge in [0.1, 0.15) is 0 Å². The lowest BCUT2D eigenvalue weighted by molar-refractivity contribution is 0.0700. The van der Waals surface area contributed by atoms with Gasteiger partial charge in [0.2, 0.25) is 0 Å². The Morgan fingerprint density at radius 3 is 2.22 bits per heavy atom. The second kappa shape index (κ2) is 7.46.